The molecule has 146 valence electrons. The van der Waals surface area contributed by atoms with Crippen LogP contribution in [0.25, 0.3) is 0 Å². The third-order valence-corrected chi connectivity index (χ3v) is 6.36. The van der Waals surface area contributed by atoms with Gasteiger partial charge in [0, 0.05) is 11.3 Å². The number of amides is 2. The minimum atomic E-state index is -0.800. The van der Waals surface area contributed by atoms with Gasteiger partial charge in [-0.15, -0.1) is 0 Å². The van der Waals surface area contributed by atoms with Crippen molar-refractivity contribution in [3.05, 3.63) is 53.7 Å². The Balaban J connectivity index is 2.00. The predicted octanol–water partition coefficient (Wildman–Crippen LogP) is 4.93. The first kappa shape index (κ1) is 20.9. The monoisotopic (exact) mass is 460 g/mol. The summed E-state index contributed by atoms with van der Waals surface area (Å²) in [5, 5.41) is -0.707. The topological polar surface area (TPSA) is 87.3 Å². The molecule has 0 radical (unpaired) electrons. The molecule has 0 fully saturated rings. The van der Waals surface area contributed by atoms with E-state index in [0.717, 1.165) is 4.90 Å². The van der Waals surface area contributed by atoms with Crippen molar-refractivity contribution >= 4 is 69.8 Å². The number of rotatable bonds is 4. The van der Waals surface area contributed by atoms with Gasteiger partial charge in [0.25, 0.3) is 11.8 Å². The van der Waals surface area contributed by atoms with Crippen molar-refractivity contribution in [2.75, 3.05) is 6.54 Å². The molecule has 0 atom stereocenters. The van der Waals surface area contributed by atoms with E-state index in [1.165, 1.54) is 6.92 Å². The number of benzene rings is 1. The number of nitrogens with one attached hydrogen (secondary N) is 1. The highest BCUT2D eigenvalue weighted by molar-refractivity contribution is 6.55. The molecule has 3 rings (SSSR count). The number of nitrogens with zero attached hydrogens (tertiary/aromatic N) is 1. The van der Waals surface area contributed by atoms with Gasteiger partial charge in [-0.2, -0.15) is 0 Å². The molecule has 1 aromatic carbocycles. The lowest BCUT2D eigenvalue weighted by Crippen LogP contribution is -2.35. The lowest BCUT2D eigenvalue weighted by Gasteiger charge is -2.12. The molecule has 1 N–H and O–H groups in total. The van der Waals surface area contributed by atoms with Crippen LogP contribution in [0.3, 0.4) is 0 Å². The van der Waals surface area contributed by atoms with Crippen LogP contribution in [0.15, 0.2) is 0 Å². The summed E-state index contributed by atoms with van der Waals surface area (Å²) >= 11 is 24.1. The van der Waals surface area contributed by atoms with Crippen LogP contribution in [0.5, 0.6) is 0 Å². The van der Waals surface area contributed by atoms with Crippen LogP contribution in [-0.2, 0) is 0 Å². The number of Topliss-reactive ketones (excluding diaryl/α,β-unsaturated/α-hetero) is 2. The van der Waals surface area contributed by atoms with Crippen molar-refractivity contribution in [2.24, 2.45) is 0 Å². The first-order valence-corrected chi connectivity index (χ1v) is 9.45. The van der Waals surface area contributed by atoms with E-state index in [-0.39, 0.29) is 42.7 Å². The summed E-state index contributed by atoms with van der Waals surface area (Å²) < 4.78 is 0. The number of fused-ring (bicyclic) bond motifs is 1. The molecule has 2 aromatic rings. The van der Waals surface area contributed by atoms with E-state index in [4.69, 9.17) is 46.4 Å². The summed E-state index contributed by atoms with van der Waals surface area (Å²) in [7, 11) is 0. The molecule has 2 heterocycles. The molecule has 1 aliphatic heterocycles. The fourth-order valence-electron chi connectivity index (χ4n) is 3.32. The van der Waals surface area contributed by atoms with E-state index in [1.807, 2.05) is 0 Å². The molecule has 2 amide bonds. The predicted molar refractivity (Wildman–Crippen MR) is 106 cm³/mol. The minimum Gasteiger partial charge on any atom is -0.355 e. The zero-order chi connectivity index (χ0) is 21.1. The molecule has 6 nitrogen and oxygen atoms in total. The van der Waals surface area contributed by atoms with Crippen LogP contribution in [0.1, 0.15) is 59.7 Å². The number of aromatic amines is 1. The molecule has 0 aliphatic carbocycles. The number of carbonyl (C=O) groups excluding carboxylic acids is 4. The zero-order valence-corrected chi connectivity index (χ0v) is 17.8. The number of aryl methyl sites for hydroxylation is 1. The van der Waals surface area contributed by atoms with Gasteiger partial charge in [0.2, 0.25) is 0 Å². The van der Waals surface area contributed by atoms with Crippen LogP contribution in [0, 0.1) is 13.8 Å². The van der Waals surface area contributed by atoms with Crippen molar-refractivity contribution in [1.29, 1.82) is 0 Å². The molecular formula is C18H12Cl4N2O4. The second-order valence-corrected chi connectivity index (χ2v) is 7.82. The van der Waals surface area contributed by atoms with Gasteiger partial charge in [0.05, 0.1) is 43.5 Å². The number of H-pyrrole nitrogens is 1. The summed E-state index contributed by atoms with van der Waals surface area (Å²) in [4.78, 5) is 53.5. The lowest BCUT2D eigenvalue weighted by atomic mass is 10.1. The maximum Gasteiger partial charge on any atom is 0.263 e. The van der Waals surface area contributed by atoms with Gasteiger partial charge in [-0.3, -0.25) is 24.1 Å². The Morgan fingerprint density at radius 3 is 1.75 bits per heavy atom. The number of aromatic nitrogens is 1. The second-order valence-electron chi connectivity index (χ2n) is 6.31. The van der Waals surface area contributed by atoms with Crippen molar-refractivity contribution in [2.45, 2.75) is 20.8 Å². The van der Waals surface area contributed by atoms with Gasteiger partial charge in [0.1, 0.15) is 0 Å². The van der Waals surface area contributed by atoms with Crippen LogP contribution in [0.4, 0.5) is 0 Å². The average Bonchev–Trinajstić information content (AvgIpc) is 3.05. The third kappa shape index (κ3) is 2.95. The Morgan fingerprint density at radius 2 is 1.36 bits per heavy atom. The fraction of sp³-hybridized carbons (Fsp3) is 0.222. The van der Waals surface area contributed by atoms with E-state index in [9.17, 15) is 19.2 Å². The molecule has 0 unspecified atom stereocenters. The van der Waals surface area contributed by atoms with Crippen LogP contribution in [-0.4, -0.2) is 39.8 Å². The van der Waals surface area contributed by atoms with Crippen LogP contribution in [0.2, 0.25) is 20.1 Å². The van der Waals surface area contributed by atoms with E-state index < -0.39 is 24.1 Å². The molecule has 10 heteroatoms. The highest BCUT2D eigenvalue weighted by Crippen LogP contribution is 2.44. The van der Waals surface area contributed by atoms with E-state index >= 15 is 0 Å². The van der Waals surface area contributed by atoms with Crippen LogP contribution >= 0.6 is 46.4 Å². The molecule has 28 heavy (non-hydrogen) atoms. The van der Waals surface area contributed by atoms with Gasteiger partial charge >= 0.3 is 0 Å². The Morgan fingerprint density at radius 1 is 0.893 bits per heavy atom. The zero-order valence-electron chi connectivity index (χ0n) is 14.8. The molecule has 0 saturated heterocycles. The number of halogens is 4. The fourth-order valence-corrected chi connectivity index (χ4v) is 4.33. The highest BCUT2D eigenvalue weighted by atomic mass is 35.5. The molecule has 0 bridgehead atoms. The average molecular weight is 462 g/mol. The van der Waals surface area contributed by atoms with Gasteiger partial charge < -0.3 is 4.98 Å². The van der Waals surface area contributed by atoms with E-state index in [0.29, 0.717) is 16.8 Å². The molecule has 1 aliphatic rings. The summed E-state index contributed by atoms with van der Waals surface area (Å²) in [5.41, 5.74) is 1.14. The van der Waals surface area contributed by atoms with E-state index in [1.54, 1.807) is 13.8 Å². The van der Waals surface area contributed by atoms with E-state index in [2.05, 4.69) is 4.98 Å². The Bertz CT molecular complexity index is 1060. The molecular weight excluding hydrogens is 450 g/mol. The standard InChI is InChI=1S/C18H12Cl4N2O4/c1-5-9(7(3)25)6(2)23-16(5)8(26)4-24-17(27)10-11(18(24)28)13(20)15(22)14(21)12(10)19/h23H,4H2,1-3H3. The SMILES string of the molecule is CC(=O)c1c(C)[nH]c(C(=O)CN2C(=O)c3c(Cl)c(Cl)c(Cl)c(Cl)c3C2=O)c1C. The third-order valence-electron chi connectivity index (χ3n) is 4.56. The maximum absolute atomic E-state index is 12.7. The van der Waals surface area contributed by atoms with Gasteiger partial charge in [-0.1, -0.05) is 46.4 Å². The molecule has 1 aromatic heterocycles. The smallest absolute Gasteiger partial charge is 0.263 e. The van der Waals surface area contributed by atoms with Crippen molar-refractivity contribution in [1.82, 2.24) is 9.88 Å². The Kier molecular flexibility index (Phi) is 5.36. The quantitative estimate of drug-likeness (QED) is 0.302. The lowest BCUT2D eigenvalue weighted by molar-refractivity contribution is 0.0623. The summed E-state index contributed by atoms with van der Waals surface area (Å²) in [6, 6.07) is 0. The number of ketones is 2. The van der Waals surface area contributed by atoms with Gasteiger partial charge in [-0.05, 0) is 26.3 Å². The van der Waals surface area contributed by atoms with Gasteiger partial charge in [0.15, 0.2) is 11.6 Å². The normalized spacial score (nSPS) is 13.3. The maximum atomic E-state index is 12.7. The highest BCUT2D eigenvalue weighted by Gasteiger charge is 2.42. The number of imide groups is 1. The number of hydrogen-bond donors (Lipinski definition) is 1. The van der Waals surface area contributed by atoms with Gasteiger partial charge in [-0.25, -0.2) is 0 Å². The second kappa shape index (κ2) is 7.19. The summed E-state index contributed by atoms with van der Waals surface area (Å²) in [6.07, 6.45) is 0. The first-order valence-electron chi connectivity index (χ1n) is 7.94. The largest absolute Gasteiger partial charge is 0.355 e. The van der Waals surface area contributed by atoms with Crippen LogP contribution < -0.4 is 0 Å². The summed E-state index contributed by atoms with van der Waals surface area (Å²) in [5.74, 6) is -2.35. The van der Waals surface area contributed by atoms with Crippen molar-refractivity contribution in [3.63, 3.8) is 0 Å². The minimum absolute atomic E-state index is 0.146. The molecule has 0 saturated carbocycles. The van der Waals surface area contributed by atoms with Crippen molar-refractivity contribution in [3.8, 4) is 0 Å². The Hall–Kier alpha value is -1.86. The molecule has 0 spiro atoms. The van der Waals surface area contributed by atoms with Crippen molar-refractivity contribution < 1.29 is 19.2 Å². The first-order chi connectivity index (χ1) is 13.0. The number of carbonyl (C=O) groups is 4. The Labute approximate surface area is 179 Å². The summed E-state index contributed by atoms with van der Waals surface area (Å²) in [6.45, 7) is 4.10. The number of hydrogen-bond acceptors (Lipinski definition) is 4.